The van der Waals surface area contributed by atoms with Crippen molar-refractivity contribution >= 4 is 37.5 Å². The van der Waals surface area contributed by atoms with Crippen LogP contribution in [0.15, 0.2) is 58.3 Å². The number of carbonyl (C=O) groups is 2. The van der Waals surface area contributed by atoms with E-state index in [0.717, 1.165) is 8.61 Å². The number of hydrogen-bond donors (Lipinski definition) is 2. The van der Waals surface area contributed by atoms with Crippen LogP contribution in [0.3, 0.4) is 0 Å². The van der Waals surface area contributed by atoms with Crippen molar-refractivity contribution in [2.24, 2.45) is 0 Å². The summed E-state index contributed by atoms with van der Waals surface area (Å²) in [6.07, 6.45) is 0. The third kappa shape index (κ3) is 4.77. The van der Waals surface area contributed by atoms with Crippen molar-refractivity contribution in [1.82, 2.24) is 13.9 Å². The van der Waals surface area contributed by atoms with E-state index in [-0.39, 0.29) is 40.7 Å². The second-order valence-electron chi connectivity index (χ2n) is 6.95. The van der Waals surface area contributed by atoms with E-state index in [1.165, 1.54) is 56.6 Å². The van der Waals surface area contributed by atoms with E-state index in [9.17, 15) is 26.4 Å². The molecule has 1 fully saturated rings. The highest BCUT2D eigenvalue weighted by atomic mass is 32.2. The highest BCUT2D eigenvalue weighted by Gasteiger charge is 2.30. The van der Waals surface area contributed by atoms with Gasteiger partial charge in [-0.1, -0.05) is 18.2 Å². The van der Waals surface area contributed by atoms with Gasteiger partial charge >= 0.3 is 0 Å². The molecule has 2 amide bonds. The number of rotatable bonds is 6. The van der Waals surface area contributed by atoms with Crippen LogP contribution in [0, 0.1) is 0 Å². The highest BCUT2D eigenvalue weighted by Crippen LogP contribution is 2.24. The normalized spacial score (nSPS) is 15.5. The summed E-state index contributed by atoms with van der Waals surface area (Å²) >= 11 is 0. The summed E-state index contributed by atoms with van der Waals surface area (Å²) < 4.78 is 52.8. The summed E-state index contributed by atoms with van der Waals surface area (Å²) in [6.45, 7) is 0.0319. The number of hydrogen-bond acceptors (Lipinski definition) is 6. The average molecular weight is 467 g/mol. The third-order valence-electron chi connectivity index (χ3n) is 4.63. The zero-order chi connectivity index (χ0) is 22.8. The van der Waals surface area contributed by atoms with Crippen molar-refractivity contribution in [3.05, 3.63) is 54.1 Å². The van der Waals surface area contributed by atoms with E-state index in [4.69, 9.17) is 0 Å². The molecule has 1 aliphatic heterocycles. The minimum Gasteiger partial charge on any atom is -0.354 e. The van der Waals surface area contributed by atoms with Gasteiger partial charge in [0.15, 0.2) is 0 Å². The van der Waals surface area contributed by atoms with Gasteiger partial charge in [-0.3, -0.25) is 9.59 Å². The standard InChI is InChI=1S/C19H22N4O6S2/c1-22(2)31(28,29)17-9-4-3-8-16(17)21-19(25)14-6-5-7-15(12-14)30(26,27)23-11-10-20-18(24)13-23/h3-9,12H,10-11,13H2,1-2H3,(H,20,24)(H,21,25). The predicted octanol–water partition coefficient (Wildman–Crippen LogP) is 0.310. The molecule has 3 rings (SSSR count). The Labute approximate surface area is 181 Å². The Kier molecular flexibility index (Phi) is 6.46. The van der Waals surface area contributed by atoms with E-state index in [2.05, 4.69) is 10.6 Å². The Morgan fingerprint density at radius 2 is 1.77 bits per heavy atom. The van der Waals surface area contributed by atoms with Crippen molar-refractivity contribution < 1.29 is 26.4 Å². The monoisotopic (exact) mass is 466 g/mol. The number of carbonyl (C=O) groups excluding carboxylic acids is 2. The summed E-state index contributed by atoms with van der Waals surface area (Å²) in [6, 6.07) is 11.3. The van der Waals surface area contributed by atoms with Crippen molar-refractivity contribution in [3.63, 3.8) is 0 Å². The van der Waals surface area contributed by atoms with Crippen LogP contribution in [0.2, 0.25) is 0 Å². The number of piperazine rings is 1. The number of nitrogens with one attached hydrogen (secondary N) is 2. The first-order valence-electron chi connectivity index (χ1n) is 9.23. The smallest absolute Gasteiger partial charge is 0.255 e. The van der Waals surface area contributed by atoms with Crippen LogP contribution < -0.4 is 10.6 Å². The first kappa shape index (κ1) is 22.9. The molecule has 0 saturated carbocycles. The van der Waals surface area contributed by atoms with Crippen LogP contribution in [0.25, 0.3) is 0 Å². The molecule has 2 N–H and O–H groups in total. The molecule has 2 aromatic rings. The molecule has 0 aliphatic carbocycles. The van der Waals surface area contributed by atoms with Gasteiger partial charge in [-0.15, -0.1) is 0 Å². The molecular formula is C19H22N4O6S2. The SMILES string of the molecule is CN(C)S(=O)(=O)c1ccccc1NC(=O)c1cccc(S(=O)(=O)N2CCNC(=O)C2)c1. The molecule has 0 aromatic heterocycles. The molecule has 2 aromatic carbocycles. The maximum Gasteiger partial charge on any atom is 0.255 e. The summed E-state index contributed by atoms with van der Waals surface area (Å²) in [5, 5.41) is 5.09. The number of sulfonamides is 2. The highest BCUT2D eigenvalue weighted by molar-refractivity contribution is 7.89. The first-order chi connectivity index (χ1) is 14.5. The number of anilines is 1. The van der Waals surface area contributed by atoms with Crippen molar-refractivity contribution in [2.75, 3.05) is 39.0 Å². The van der Waals surface area contributed by atoms with Crippen molar-refractivity contribution in [3.8, 4) is 0 Å². The van der Waals surface area contributed by atoms with Gasteiger partial charge in [0.05, 0.1) is 17.1 Å². The van der Waals surface area contributed by atoms with E-state index >= 15 is 0 Å². The fraction of sp³-hybridized carbons (Fsp3) is 0.263. The molecule has 10 nitrogen and oxygen atoms in total. The van der Waals surface area contributed by atoms with Gasteiger partial charge in [0.25, 0.3) is 5.91 Å². The Bertz CT molecular complexity index is 1230. The Balaban J connectivity index is 1.90. The van der Waals surface area contributed by atoms with Crippen LogP contribution in [0.5, 0.6) is 0 Å². The summed E-state index contributed by atoms with van der Waals surface area (Å²) in [5.41, 5.74) is 0.0988. The topological polar surface area (TPSA) is 133 Å². The fourth-order valence-corrected chi connectivity index (χ4v) is 5.44. The maximum atomic E-state index is 12.9. The lowest BCUT2D eigenvalue weighted by atomic mass is 10.2. The van der Waals surface area contributed by atoms with E-state index in [1.807, 2.05) is 0 Å². The van der Waals surface area contributed by atoms with Gasteiger partial charge in [0, 0.05) is 32.7 Å². The average Bonchev–Trinajstić information content (AvgIpc) is 2.74. The minimum absolute atomic E-state index is 0.0274. The van der Waals surface area contributed by atoms with Gasteiger partial charge < -0.3 is 10.6 Å². The number of nitrogens with zero attached hydrogens (tertiary/aromatic N) is 2. The van der Waals surface area contributed by atoms with E-state index < -0.39 is 31.9 Å². The lowest BCUT2D eigenvalue weighted by molar-refractivity contribution is -0.122. The van der Waals surface area contributed by atoms with Crippen molar-refractivity contribution in [2.45, 2.75) is 9.79 Å². The van der Waals surface area contributed by atoms with Crippen LogP contribution in [-0.4, -0.2) is 71.0 Å². The summed E-state index contributed by atoms with van der Waals surface area (Å²) in [4.78, 5) is 24.1. The van der Waals surface area contributed by atoms with E-state index in [1.54, 1.807) is 6.07 Å². The van der Waals surface area contributed by atoms with Gasteiger partial charge in [-0.05, 0) is 30.3 Å². The molecule has 1 heterocycles. The molecule has 1 aliphatic rings. The molecule has 12 heteroatoms. The predicted molar refractivity (Wildman–Crippen MR) is 113 cm³/mol. The van der Waals surface area contributed by atoms with Gasteiger partial charge in [0.1, 0.15) is 4.90 Å². The second-order valence-corrected chi connectivity index (χ2v) is 11.0. The van der Waals surface area contributed by atoms with E-state index in [0.29, 0.717) is 0 Å². The Morgan fingerprint density at radius 1 is 1.06 bits per heavy atom. The van der Waals surface area contributed by atoms with Crippen molar-refractivity contribution in [1.29, 1.82) is 0 Å². The number of benzene rings is 2. The maximum absolute atomic E-state index is 12.9. The molecule has 0 spiro atoms. The van der Waals surface area contributed by atoms with Crippen LogP contribution in [0.1, 0.15) is 10.4 Å². The lowest BCUT2D eigenvalue weighted by Gasteiger charge is -2.26. The van der Waals surface area contributed by atoms with Crippen LogP contribution in [0.4, 0.5) is 5.69 Å². The quantitative estimate of drug-likeness (QED) is 0.630. The molecule has 0 radical (unpaired) electrons. The van der Waals surface area contributed by atoms with Gasteiger partial charge in [0.2, 0.25) is 26.0 Å². The van der Waals surface area contributed by atoms with Crippen LogP contribution in [-0.2, 0) is 24.8 Å². The zero-order valence-corrected chi connectivity index (χ0v) is 18.5. The summed E-state index contributed by atoms with van der Waals surface area (Å²) in [7, 11) is -5.03. The fourth-order valence-electron chi connectivity index (χ4n) is 2.95. The van der Waals surface area contributed by atoms with Gasteiger partial charge in [-0.2, -0.15) is 4.31 Å². The molecule has 31 heavy (non-hydrogen) atoms. The largest absolute Gasteiger partial charge is 0.354 e. The number of para-hydroxylation sites is 1. The van der Waals surface area contributed by atoms with Crippen LogP contribution >= 0.6 is 0 Å². The lowest BCUT2D eigenvalue weighted by Crippen LogP contribution is -2.49. The molecule has 0 atom stereocenters. The van der Waals surface area contributed by atoms with Gasteiger partial charge in [-0.25, -0.2) is 21.1 Å². The molecule has 0 bridgehead atoms. The zero-order valence-electron chi connectivity index (χ0n) is 16.9. The first-order valence-corrected chi connectivity index (χ1v) is 12.1. The molecule has 1 saturated heterocycles. The Morgan fingerprint density at radius 3 is 2.45 bits per heavy atom. The third-order valence-corrected chi connectivity index (χ3v) is 8.35. The second kappa shape index (κ2) is 8.75. The number of amides is 2. The minimum atomic E-state index is -3.98. The summed E-state index contributed by atoms with van der Waals surface area (Å²) in [5.74, 6) is -1.07. The Hall–Kier alpha value is -2.80. The molecule has 0 unspecified atom stereocenters. The molecular weight excluding hydrogens is 444 g/mol. The molecule has 166 valence electrons.